The fraction of sp³-hybridized carbons (Fsp3) is 0.292. The number of hydrogen-bond donors (Lipinski definition) is 1. The summed E-state index contributed by atoms with van der Waals surface area (Å²) in [6.45, 7) is 0. The SMILES string of the molecule is C1=CC(C2C=CC(NC3=CC=C(C4=CC=C(N(C5=CCC(C6=CCCC=C6)C=C5)C5C=CC(c6ccccc6)=CC5)CC4)CC3)=CC2)=CCC1. The maximum absolute atomic E-state index is 3.72. The molecule has 0 amide bonds. The quantitative estimate of drug-likeness (QED) is 0.285. The zero-order chi connectivity index (χ0) is 33.5. The first-order valence-electron chi connectivity index (χ1n) is 19.1. The lowest BCUT2D eigenvalue weighted by Crippen LogP contribution is -2.34. The first kappa shape index (κ1) is 32.4. The first-order chi connectivity index (χ1) is 24.8. The summed E-state index contributed by atoms with van der Waals surface area (Å²) in [5.74, 6) is 1.01. The molecule has 7 aliphatic rings. The molecule has 1 aromatic rings. The number of allylic oxidation sites excluding steroid dienone is 24. The van der Waals surface area contributed by atoms with Crippen LogP contribution in [0.4, 0.5) is 0 Å². The lowest BCUT2D eigenvalue weighted by molar-refractivity contribution is 0.354. The first-order valence-corrected chi connectivity index (χ1v) is 19.1. The van der Waals surface area contributed by atoms with Crippen molar-refractivity contribution in [3.05, 3.63) is 196 Å². The van der Waals surface area contributed by atoms with E-state index in [0.717, 1.165) is 44.9 Å². The molecule has 2 nitrogen and oxygen atoms in total. The van der Waals surface area contributed by atoms with Gasteiger partial charge in [0.25, 0.3) is 0 Å². The molecular formula is C48H50N2. The highest BCUT2D eigenvalue weighted by Gasteiger charge is 2.27. The summed E-state index contributed by atoms with van der Waals surface area (Å²) in [6.07, 6.45) is 57.3. The predicted octanol–water partition coefficient (Wildman–Crippen LogP) is 12.0. The molecular weight excluding hydrogens is 605 g/mol. The van der Waals surface area contributed by atoms with E-state index >= 15 is 0 Å². The molecule has 1 aromatic carbocycles. The van der Waals surface area contributed by atoms with Gasteiger partial charge in [-0.2, -0.15) is 0 Å². The smallest absolute Gasteiger partial charge is 0.0557 e. The van der Waals surface area contributed by atoms with Gasteiger partial charge >= 0.3 is 0 Å². The third-order valence-corrected chi connectivity index (χ3v) is 11.2. The number of hydrogen-bond acceptors (Lipinski definition) is 2. The molecule has 0 aliphatic heterocycles. The van der Waals surface area contributed by atoms with E-state index in [4.69, 9.17) is 0 Å². The van der Waals surface area contributed by atoms with E-state index in [9.17, 15) is 0 Å². The summed E-state index contributed by atoms with van der Waals surface area (Å²) in [5, 5.41) is 3.72. The van der Waals surface area contributed by atoms with Crippen LogP contribution in [0.3, 0.4) is 0 Å². The number of benzene rings is 1. The number of rotatable bonds is 9. The van der Waals surface area contributed by atoms with E-state index in [1.165, 1.54) is 81.9 Å². The average molecular weight is 655 g/mol. The van der Waals surface area contributed by atoms with Crippen LogP contribution in [0.2, 0.25) is 0 Å². The highest BCUT2D eigenvalue weighted by atomic mass is 15.2. The number of nitrogens with zero attached hydrogens (tertiary/aromatic N) is 1. The van der Waals surface area contributed by atoms with E-state index in [2.05, 4.69) is 156 Å². The van der Waals surface area contributed by atoms with E-state index in [1.54, 1.807) is 0 Å². The standard InChI is InChI=1S/C48H50N2/c1-4-10-36(11-5-1)39-16-26-44(27-17-39)49-45-28-18-40(19-29-45)43-24-34-48(35-25-43)50(46-30-20-41(21-31-46)37-12-6-2-7-13-37)47-32-22-42(23-33-47)38-14-8-3-9-15-38/h2,4,6-8,10-16,18,20-22,24,26-28,30,32-34,39,42,46,49H,1,3,5,9,17,19,23,25,29,31,35H2. The Bertz CT molecular complexity index is 1900. The van der Waals surface area contributed by atoms with Gasteiger partial charge in [0.15, 0.2) is 0 Å². The molecule has 7 aliphatic carbocycles. The van der Waals surface area contributed by atoms with Gasteiger partial charge in [0.2, 0.25) is 0 Å². The van der Waals surface area contributed by atoms with Gasteiger partial charge in [-0.25, -0.2) is 0 Å². The molecule has 50 heavy (non-hydrogen) atoms. The van der Waals surface area contributed by atoms with Crippen molar-refractivity contribution in [3.8, 4) is 0 Å². The molecule has 0 spiro atoms. The Kier molecular flexibility index (Phi) is 9.96. The second-order valence-corrected chi connectivity index (χ2v) is 14.5. The minimum Gasteiger partial charge on any atom is -0.359 e. The molecule has 252 valence electrons. The monoisotopic (exact) mass is 654 g/mol. The molecule has 0 radical (unpaired) electrons. The minimum absolute atomic E-state index is 0.310. The van der Waals surface area contributed by atoms with Crippen molar-refractivity contribution in [2.75, 3.05) is 0 Å². The van der Waals surface area contributed by atoms with Crippen LogP contribution in [0.15, 0.2) is 191 Å². The fourth-order valence-electron chi connectivity index (χ4n) is 8.32. The second-order valence-electron chi connectivity index (χ2n) is 14.5. The van der Waals surface area contributed by atoms with Gasteiger partial charge < -0.3 is 10.2 Å². The van der Waals surface area contributed by atoms with Gasteiger partial charge in [-0.15, -0.1) is 0 Å². The molecule has 1 N–H and O–H groups in total. The van der Waals surface area contributed by atoms with Crippen molar-refractivity contribution in [3.63, 3.8) is 0 Å². The lowest BCUT2D eigenvalue weighted by Gasteiger charge is -2.38. The van der Waals surface area contributed by atoms with Crippen LogP contribution in [0.25, 0.3) is 5.57 Å². The molecule has 3 atom stereocenters. The maximum Gasteiger partial charge on any atom is 0.0557 e. The van der Waals surface area contributed by atoms with Gasteiger partial charge in [0, 0.05) is 34.6 Å². The van der Waals surface area contributed by atoms with Crippen LogP contribution in [0.5, 0.6) is 0 Å². The van der Waals surface area contributed by atoms with Crippen LogP contribution >= 0.6 is 0 Å². The van der Waals surface area contributed by atoms with E-state index in [-0.39, 0.29) is 0 Å². The van der Waals surface area contributed by atoms with E-state index in [1.807, 2.05) is 0 Å². The topological polar surface area (TPSA) is 15.3 Å². The van der Waals surface area contributed by atoms with Crippen molar-refractivity contribution < 1.29 is 0 Å². The fourth-order valence-corrected chi connectivity index (χ4v) is 8.32. The molecule has 3 unspecified atom stereocenters. The van der Waals surface area contributed by atoms with Crippen molar-refractivity contribution >= 4 is 5.57 Å². The van der Waals surface area contributed by atoms with Crippen molar-refractivity contribution in [1.29, 1.82) is 0 Å². The van der Waals surface area contributed by atoms with Gasteiger partial charge in [0.1, 0.15) is 0 Å². The Morgan fingerprint density at radius 2 is 1.28 bits per heavy atom. The molecule has 2 heteroatoms. The van der Waals surface area contributed by atoms with Crippen LogP contribution in [0.1, 0.15) is 76.2 Å². The molecule has 0 fully saturated rings. The zero-order valence-corrected chi connectivity index (χ0v) is 29.3. The van der Waals surface area contributed by atoms with Crippen molar-refractivity contribution in [2.24, 2.45) is 11.8 Å². The molecule has 0 saturated heterocycles. The summed E-state index contributed by atoms with van der Waals surface area (Å²) in [4.78, 5) is 2.63. The van der Waals surface area contributed by atoms with Crippen LogP contribution < -0.4 is 5.32 Å². The molecule has 0 bridgehead atoms. The summed E-state index contributed by atoms with van der Waals surface area (Å²) in [6, 6.07) is 11.1. The summed E-state index contributed by atoms with van der Waals surface area (Å²) in [5.41, 5.74) is 13.9. The second kappa shape index (κ2) is 15.4. The normalized spacial score (nSPS) is 26.0. The highest BCUT2D eigenvalue weighted by molar-refractivity contribution is 5.75. The summed E-state index contributed by atoms with van der Waals surface area (Å²) >= 11 is 0. The highest BCUT2D eigenvalue weighted by Crippen LogP contribution is 2.38. The third-order valence-electron chi connectivity index (χ3n) is 11.2. The van der Waals surface area contributed by atoms with Crippen molar-refractivity contribution in [1.82, 2.24) is 10.2 Å². The maximum atomic E-state index is 3.72. The van der Waals surface area contributed by atoms with Gasteiger partial charge in [0.05, 0.1) is 6.04 Å². The van der Waals surface area contributed by atoms with Gasteiger partial charge in [-0.3, -0.25) is 0 Å². The Hall–Kier alpha value is -4.82. The minimum atomic E-state index is 0.310. The number of nitrogens with one attached hydrogen (secondary N) is 1. The molecule has 8 rings (SSSR count). The zero-order valence-electron chi connectivity index (χ0n) is 29.3. The third kappa shape index (κ3) is 7.50. The average Bonchev–Trinajstić information content (AvgIpc) is 3.20. The van der Waals surface area contributed by atoms with Gasteiger partial charge in [-0.1, -0.05) is 121 Å². The Morgan fingerprint density at radius 3 is 1.84 bits per heavy atom. The predicted molar refractivity (Wildman–Crippen MR) is 211 cm³/mol. The van der Waals surface area contributed by atoms with Crippen LogP contribution in [-0.2, 0) is 0 Å². The van der Waals surface area contributed by atoms with E-state index < -0.39 is 0 Å². The molecule has 0 saturated carbocycles. The van der Waals surface area contributed by atoms with Crippen LogP contribution in [-0.4, -0.2) is 10.9 Å². The van der Waals surface area contributed by atoms with Crippen LogP contribution in [0, 0.1) is 11.8 Å². The van der Waals surface area contributed by atoms with Crippen molar-refractivity contribution in [2.45, 2.75) is 76.7 Å². The summed E-state index contributed by atoms with van der Waals surface area (Å²) in [7, 11) is 0. The molecule has 0 heterocycles. The largest absolute Gasteiger partial charge is 0.359 e. The van der Waals surface area contributed by atoms with Gasteiger partial charge in [-0.05, 0) is 128 Å². The molecule has 0 aromatic heterocycles. The Balaban J connectivity index is 0.962. The Labute approximate surface area is 299 Å². The summed E-state index contributed by atoms with van der Waals surface area (Å²) < 4.78 is 0. The van der Waals surface area contributed by atoms with E-state index in [0.29, 0.717) is 17.9 Å². The lowest BCUT2D eigenvalue weighted by atomic mass is 9.86. The Morgan fingerprint density at radius 1 is 0.560 bits per heavy atom.